The lowest BCUT2D eigenvalue weighted by atomic mass is 10.1. The van der Waals surface area contributed by atoms with Gasteiger partial charge in [-0.1, -0.05) is 99.1 Å². The molecule has 7 heteroatoms. The Morgan fingerprint density at radius 3 is 2.11 bits per heavy atom. The molecule has 0 saturated carbocycles. The second-order valence-corrected chi connectivity index (χ2v) is 15.7. The number of halogens is 1. The molecule has 37 heavy (non-hydrogen) atoms. The molecule has 1 aromatic heterocycles. The lowest BCUT2D eigenvalue weighted by Crippen LogP contribution is -2.67. The quantitative estimate of drug-likeness (QED) is 0.156. The van der Waals surface area contributed by atoms with Crippen LogP contribution in [0.15, 0.2) is 82.7 Å². The van der Waals surface area contributed by atoms with Crippen LogP contribution in [0.2, 0.25) is 5.04 Å². The van der Waals surface area contributed by atoms with Crippen molar-refractivity contribution >= 4 is 53.7 Å². The largest absolute Gasteiger partial charge is 0.462 e. The van der Waals surface area contributed by atoms with Crippen molar-refractivity contribution in [3.05, 3.63) is 93.4 Å². The van der Waals surface area contributed by atoms with E-state index in [0.29, 0.717) is 6.42 Å². The van der Waals surface area contributed by atoms with Gasteiger partial charge in [-0.3, -0.25) is 0 Å². The Balaban J connectivity index is 2.17. The molecule has 0 fully saturated rings. The number of nitrogens with zero attached hydrogens (tertiary/aromatic N) is 1. The minimum absolute atomic E-state index is 0.0650. The third-order valence-corrected chi connectivity index (χ3v) is 12.4. The summed E-state index contributed by atoms with van der Waals surface area (Å²) in [4.78, 5) is 16.9. The molecular formula is C30H36ClNO3SSi. The second kappa shape index (κ2) is 12.8. The van der Waals surface area contributed by atoms with Crippen LogP contribution in [0.4, 0.5) is 0 Å². The van der Waals surface area contributed by atoms with Crippen LogP contribution in [0.5, 0.6) is 0 Å². The standard InChI is InChI=1S/C30H36ClNO3SSi/c1-7-34-29(33)27(31)18-19-28(22(2)20-24-21-36-23(3)32-24)35-37(30(4,5)6,25-14-10-8-11-15-25)26-16-12-9-13-17-26/h8-18,20-21,28H,7,19H2,1-6H3. The molecule has 1 atom stereocenters. The number of ether oxygens (including phenoxy) is 1. The number of thiazole rings is 1. The van der Waals surface area contributed by atoms with Crippen LogP contribution in [-0.4, -0.2) is 32.0 Å². The van der Waals surface area contributed by atoms with Crippen LogP contribution in [0.25, 0.3) is 6.08 Å². The van der Waals surface area contributed by atoms with E-state index >= 15 is 0 Å². The van der Waals surface area contributed by atoms with Crippen molar-refractivity contribution in [1.82, 2.24) is 4.98 Å². The molecule has 0 saturated heterocycles. The fourth-order valence-corrected chi connectivity index (χ4v) is 9.94. The maximum Gasteiger partial charge on any atom is 0.349 e. The first-order chi connectivity index (χ1) is 17.6. The van der Waals surface area contributed by atoms with Gasteiger partial charge in [0, 0.05) is 5.38 Å². The van der Waals surface area contributed by atoms with E-state index < -0.39 is 14.3 Å². The highest BCUT2D eigenvalue weighted by Crippen LogP contribution is 2.39. The highest BCUT2D eigenvalue weighted by atomic mass is 35.5. The zero-order chi connectivity index (χ0) is 27.1. The van der Waals surface area contributed by atoms with Gasteiger partial charge in [-0.15, -0.1) is 11.3 Å². The number of carbonyl (C=O) groups is 1. The third kappa shape index (κ3) is 7.08. The highest BCUT2D eigenvalue weighted by Gasteiger charge is 2.51. The number of benzene rings is 2. The molecule has 0 amide bonds. The van der Waals surface area contributed by atoms with Gasteiger partial charge < -0.3 is 9.16 Å². The Morgan fingerprint density at radius 1 is 1.08 bits per heavy atom. The molecular weight excluding hydrogens is 518 g/mol. The van der Waals surface area contributed by atoms with Crippen molar-refractivity contribution in [2.45, 2.75) is 59.1 Å². The van der Waals surface area contributed by atoms with Gasteiger partial charge >= 0.3 is 5.97 Å². The smallest absolute Gasteiger partial charge is 0.349 e. The summed E-state index contributed by atoms with van der Waals surface area (Å²) in [6.45, 7) is 12.8. The van der Waals surface area contributed by atoms with Crippen LogP contribution in [0.3, 0.4) is 0 Å². The number of aromatic nitrogens is 1. The highest BCUT2D eigenvalue weighted by molar-refractivity contribution is 7.09. The summed E-state index contributed by atoms with van der Waals surface area (Å²) in [6, 6.07) is 21.0. The Bertz CT molecular complexity index is 1190. The van der Waals surface area contributed by atoms with Gasteiger partial charge in [0.05, 0.1) is 23.4 Å². The average molecular weight is 554 g/mol. The first-order valence-electron chi connectivity index (χ1n) is 12.5. The SMILES string of the molecule is CCOC(=O)C(Cl)=CCC(O[Si](c1ccccc1)(c1ccccc1)C(C)(C)C)C(C)=Cc1csc(C)n1. The van der Waals surface area contributed by atoms with Crippen molar-refractivity contribution < 1.29 is 14.0 Å². The molecule has 2 aromatic carbocycles. The molecule has 4 nitrogen and oxygen atoms in total. The first kappa shape index (κ1) is 29.0. The van der Waals surface area contributed by atoms with E-state index in [1.807, 2.05) is 24.4 Å². The number of rotatable bonds is 10. The van der Waals surface area contributed by atoms with Crippen LogP contribution < -0.4 is 10.4 Å². The van der Waals surface area contributed by atoms with E-state index in [4.69, 9.17) is 20.8 Å². The van der Waals surface area contributed by atoms with E-state index in [1.54, 1.807) is 24.3 Å². The van der Waals surface area contributed by atoms with E-state index in [-0.39, 0.29) is 22.8 Å². The van der Waals surface area contributed by atoms with Crippen LogP contribution in [0.1, 0.15) is 51.7 Å². The molecule has 0 aliphatic rings. The molecule has 0 aliphatic heterocycles. The molecule has 196 valence electrons. The number of esters is 1. The molecule has 0 radical (unpaired) electrons. The average Bonchev–Trinajstić information content (AvgIpc) is 3.28. The number of hydrogen-bond donors (Lipinski definition) is 0. The molecule has 3 rings (SSSR count). The fraction of sp³-hybridized carbons (Fsp3) is 0.333. The van der Waals surface area contributed by atoms with Gasteiger partial charge in [0.2, 0.25) is 0 Å². The molecule has 0 N–H and O–H groups in total. The van der Waals surface area contributed by atoms with E-state index in [9.17, 15) is 4.79 Å². The normalized spacial score (nSPS) is 13.9. The van der Waals surface area contributed by atoms with Crippen molar-refractivity contribution in [2.75, 3.05) is 6.61 Å². The van der Waals surface area contributed by atoms with E-state index in [0.717, 1.165) is 16.3 Å². The zero-order valence-corrected chi connectivity index (χ0v) is 25.0. The summed E-state index contributed by atoms with van der Waals surface area (Å²) in [6.07, 6.45) is 3.87. The van der Waals surface area contributed by atoms with Crippen molar-refractivity contribution in [1.29, 1.82) is 0 Å². The molecule has 1 heterocycles. The van der Waals surface area contributed by atoms with Crippen LogP contribution in [0, 0.1) is 6.92 Å². The summed E-state index contributed by atoms with van der Waals surface area (Å²) in [5, 5.41) is 5.30. The van der Waals surface area contributed by atoms with E-state index in [2.05, 4.69) is 87.3 Å². The van der Waals surface area contributed by atoms with Gasteiger partial charge in [0.15, 0.2) is 0 Å². The molecule has 0 spiro atoms. The summed E-state index contributed by atoms with van der Waals surface area (Å²) in [7, 11) is -2.85. The third-order valence-electron chi connectivity index (χ3n) is 6.24. The summed E-state index contributed by atoms with van der Waals surface area (Å²) in [5.74, 6) is -0.523. The Labute approximate surface area is 231 Å². The van der Waals surface area contributed by atoms with Gasteiger partial charge in [0.25, 0.3) is 8.32 Å². The Morgan fingerprint density at radius 2 is 1.65 bits per heavy atom. The van der Waals surface area contributed by atoms with E-state index in [1.165, 1.54) is 10.4 Å². The lowest BCUT2D eigenvalue weighted by molar-refractivity contribution is -0.137. The number of aryl methyl sites for hydroxylation is 1. The Kier molecular flexibility index (Phi) is 10.1. The topological polar surface area (TPSA) is 48.4 Å². The summed E-state index contributed by atoms with van der Waals surface area (Å²) >= 11 is 7.94. The summed E-state index contributed by atoms with van der Waals surface area (Å²) in [5.41, 5.74) is 1.92. The van der Waals surface area contributed by atoms with Gasteiger partial charge in [-0.05, 0) is 54.3 Å². The maximum absolute atomic E-state index is 12.2. The zero-order valence-electron chi connectivity index (χ0n) is 22.5. The maximum atomic E-state index is 12.2. The van der Waals surface area contributed by atoms with Crippen molar-refractivity contribution in [3.8, 4) is 0 Å². The fourth-order valence-electron chi connectivity index (χ4n) is 4.50. The van der Waals surface area contributed by atoms with Gasteiger partial charge in [-0.2, -0.15) is 0 Å². The number of carbonyl (C=O) groups excluding carboxylic acids is 1. The van der Waals surface area contributed by atoms with Crippen molar-refractivity contribution in [3.63, 3.8) is 0 Å². The van der Waals surface area contributed by atoms with Gasteiger partial charge in [-0.25, -0.2) is 9.78 Å². The first-order valence-corrected chi connectivity index (χ1v) is 15.7. The van der Waals surface area contributed by atoms with Crippen LogP contribution in [-0.2, 0) is 14.0 Å². The molecule has 0 aliphatic carbocycles. The minimum atomic E-state index is -2.85. The molecule has 0 bridgehead atoms. The van der Waals surface area contributed by atoms with Crippen LogP contribution >= 0.6 is 22.9 Å². The lowest BCUT2D eigenvalue weighted by Gasteiger charge is -2.45. The monoisotopic (exact) mass is 553 g/mol. The molecule has 3 aromatic rings. The summed E-state index contributed by atoms with van der Waals surface area (Å²) < 4.78 is 12.5. The van der Waals surface area contributed by atoms with Gasteiger partial charge in [0.1, 0.15) is 5.03 Å². The predicted molar refractivity (Wildman–Crippen MR) is 158 cm³/mol. The Hall–Kier alpha value is -2.51. The second-order valence-electron chi connectivity index (χ2n) is 9.96. The minimum Gasteiger partial charge on any atom is -0.462 e. The number of hydrogen-bond acceptors (Lipinski definition) is 5. The van der Waals surface area contributed by atoms with Crippen molar-refractivity contribution in [2.24, 2.45) is 0 Å². The predicted octanol–water partition coefficient (Wildman–Crippen LogP) is 6.88. The molecule has 1 unspecified atom stereocenters.